The summed E-state index contributed by atoms with van der Waals surface area (Å²) < 4.78 is 3.11. The average Bonchev–Trinajstić information content (AvgIpc) is 3.26. The number of anilines is 1. The van der Waals surface area contributed by atoms with Crippen LogP contribution in [0.1, 0.15) is 35.0 Å². The maximum absolute atomic E-state index is 12.6. The maximum Gasteiger partial charge on any atom is 0.227 e. The average molecular weight is 418 g/mol. The van der Waals surface area contributed by atoms with Crippen molar-refractivity contribution in [3.63, 3.8) is 0 Å². The van der Waals surface area contributed by atoms with Crippen molar-refractivity contribution in [3.8, 4) is 11.3 Å². The molecule has 4 aromatic rings. The smallest absolute Gasteiger partial charge is 0.227 e. The molecule has 0 aliphatic carbocycles. The van der Waals surface area contributed by atoms with Crippen molar-refractivity contribution in [1.82, 2.24) is 9.55 Å². The quantitative estimate of drug-likeness (QED) is 0.415. The molecule has 0 atom stereocenters. The Labute approximate surface area is 179 Å². The maximum atomic E-state index is 12.6. The number of hydrogen-bond donors (Lipinski definition) is 1. The number of rotatable bonds is 6. The highest BCUT2D eigenvalue weighted by Gasteiger charge is 2.17. The second kappa shape index (κ2) is 8.24. The Morgan fingerprint density at radius 2 is 1.83 bits per heavy atom. The first-order valence-electron chi connectivity index (χ1n) is 9.86. The summed E-state index contributed by atoms with van der Waals surface area (Å²) in [6.45, 7) is 6.02. The van der Waals surface area contributed by atoms with Gasteiger partial charge in [-0.25, -0.2) is 4.98 Å². The number of nitrogens with one attached hydrogen (secondary N) is 1. The van der Waals surface area contributed by atoms with Crippen LogP contribution in [0.25, 0.3) is 21.5 Å². The Hall–Kier alpha value is -3.25. The van der Waals surface area contributed by atoms with Gasteiger partial charge >= 0.3 is 0 Å². The molecule has 152 valence electrons. The summed E-state index contributed by atoms with van der Waals surface area (Å²) >= 11 is 1.48. The van der Waals surface area contributed by atoms with Gasteiger partial charge in [0.15, 0.2) is 10.9 Å². The van der Waals surface area contributed by atoms with E-state index >= 15 is 0 Å². The Kier molecular flexibility index (Phi) is 5.50. The lowest BCUT2D eigenvalue weighted by Crippen LogP contribution is -2.15. The van der Waals surface area contributed by atoms with Crippen LogP contribution in [0.15, 0.2) is 54.6 Å². The summed E-state index contributed by atoms with van der Waals surface area (Å²) in [7, 11) is 0. The molecule has 6 heteroatoms. The van der Waals surface area contributed by atoms with Gasteiger partial charge < -0.3 is 9.88 Å². The number of ketones is 1. The van der Waals surface area contributed by atoms with E-state index in [4.69, 9.17) is 0 Å². The SMILES string of the molecule is CC(=O)c1cc(-c2ccccc2)n(CCC(=O)Nc2nc3ccc(C)cc3s2)c1C. The summed E-state index contributed by atoms with van der Waals surface area (Å²) in [5.41, 5.74) is 5.60. The Morgan fingerprint density at radius 3 is 2.57 bits per heavy atom. The number of benzene rings is 2. The summed E-state index contributed by atoms with van der Waals surface area (Å²) in [6, 6.07) is 17.9. The third-order valence-corrected chi connectivity index (χ3v) is 6.10. The molecule has 0 spiro atoms. The molecule has 2 aromatic heterocycles. The van der Waals surface area contributed by atoms with Gasteiger partial charge in [-0.15, -0.1) is 0 Å². The van der Waals surface area contributed by atoms with Gasteiger partial charge in [-0.05, 0) is 50.1 Å². The molecule has 0 fully saturated rings. The molecule has 0 unspecified atom stereocenters. The van der Waals surface area contributed by atoms with Crippen molar-refractivity contribution in [2.24, 2.45) is 0 Å². The number of aryl methyl sites for hydroxylation is 1. The predicted octanol–water partition coefficient (Wildman–Crippen LogP) is 5.61. The van der Waals surface area contributed by atoms with Crippen LogP contribution in [-0.2, 0) is 11.3 Å². The first kappa shape index (κ1) is 20.0. The molecule has 0 aliphatic rings. The zero-order chi connectivity index (χ0) is 21.3. The highest BCUT2D eigenvalue weighted by molar-refractivity contribution is 7.22. The van der Waals surface area contributed by atoms with Crippen molar-refractivity contribution >= 4 is 38.4 Å². The molecular formula is C24H23N3O2S. The fraction of sp³-hybridized carbons (Fsp3) is 0.208. The number of fused-ring (bicyclic) bond motifs is 1. The van der Waals surface area contributed by atoms with Crippen LogP contribution in [0, 0.1) is 13.8 Å². The van der Waals surface area contributed by atoms with E-state index in [2.05, 4.69) is 16.4 Å². The molecule has 5 nitrogen and oxygen atoms in total. The van der Waals surface area contributed by atoms with E-state index < -0.39 is 0 Å². The zero-order valence-corrected chi connectivity index (χ0v) is 18.0. The molecule has 0 radical (unpaired) electrons. The van der Waals surface area contributed by atoms with Gasteiger partial charge in [-0.2, -0.15) is 0 Å². The lowest BCUT2D eigenvalue weighted by atomic mass is 10.1. The molecule has 0 saturated carbocycles. The molecule has 4 rings (SSSR count). The van der Waals surface area contributed by atoms with Crippen molar-refractivity contribution in [1.29, 1.82) is 0 Å². The highest BCUT2D eigenvalue weighted by Crippen LogP contribution is 2.28. The van der Waals surface area contributed by atoms with Crippen LogP contribution in [0.3, 0.4) is 0 Å². The number of aromatic nitrogens is 2. The van der Waals surface area contributed by atoms with Crippen molar-refractivity contribution in [2.45, 2.75) is 33.7 Å². The normalized spacial score (nSPS) is 11.0. The number of Topliss-reactive ketones (excluding diaryl/α,β-unsaturated/α-hetero) is 1. The molecule has 2 heterocycles. The second-order valence-corrected chi connectivity index (χ2v) is 8.42. The van der Waals surface area contributed by atoms with E-state index in [9.17, 15) is 9.59 Å². The molecule has 0 aliphatic heterocycles. The van der Waals surface area contributed by atoms with Crippen LogP contribution < -0.4 is 5.32 Å². The van der Waals surface area contributed by atoms with Crippen LogP contribution in [0.2, 0.25) is 0 Å². The minimum atomic E-state index is -0.0951. The standard InChI is InChI=1S/C24H23N3O2S/c1-15-9-10-20-22(13-15)30-24(25-20)26-23(29)11-12-27-16(2)19(17(3)28)14-21(27)18-7-5-4-6-8-18/h4-10,13-14H,11-12H2,1-3H3,(H,25,26,29). The van der Waals surface area contributed by atoms with Gasteiger partial charge in [0.1, 0.15) is 0 Å². The van der Waals surface area contributed by atoms with E-state index in [1.54, 1.807) is 6.92 Å². The fourth-order valence-electron chi connectivity index (χ4n) is 3.62. The van der Waals surface area contributed by atoms with Gasteiger partial charge in [0, 0.05) is 29.9 Å². The number of hydrogen-bond acceptors (Lipinski definition) is 4. The first-order valence-corrected chi connectivity index (χ1v) is 10.7. The third-order valence-electron chi connectivity index (χ3n) is 5.17. The van der Waals surface area contributed by atoms with Gasteiger partial charge in [0.05, 0.1) is 10.2 Å². The van der Waals surface area contributed by atoms with Gasteiger partial charge in [-0.1, -0.05) is 47.7 Å². The van der Waals surface area contributed by atoms with Gasteiger partial charge in [0.2, 0.25) is 5.91 Å². The number of thiazole rings is 1. The summed E-state index contributed by atoms with van der Waals surface area (Å²) in [4.78, 5) is 29.2. The van der Waals surface area contributed by atoms with E-state index in [1.165, 1.54) is 16.9 Å². The number of carbonyl (C=O) groups is 2. The molecule has 1 N–H and O–H groups in total. The lowest BCUT2D eigenvalue weighted by Gasteiger charge is -2.12. The lowest BCUT2D eigenvalue weighted by molar-refractivity contribution is -0.116. The minimum absolute atomic E-state index is 0.0256. The number of nitrogens with zero attached hydrogens (tertiary/aromatic N) is 2. The van der Waals surface area contributed by atoms with E-state index in [0.29, 0.717) is 23.7 Å². The van der Waals surface area contributed by atoms with Crippen LogP contribution in [0.4, 0.5) is 5.13 Å². The fourth-order valence-corrected chi connectivity index (χ4v) is 4.60. The van der Waals surface area contributed by atoms with Crippen molar-refractivity contribution in [2.75, 3.05) is 5.32 Å². The van der Waals surface area contributed by atoms with Gasteiger partial charge in [0.25, 0.3) is 0 Å². The Bertz CT molecular complexity index is 1240. The molecule has 0 saturated heterocycles. The van der Waals surface area contributed by atoms with Crippen molar-refractivity contribution < 1.29 is 9.59 Å². The van der Waals surface area contributed by atoms with E-state index in [-0.39, 0.29) is 11.7 Å². The predicted molar refractivity (Wildman–Crippen MR) is 122 cm³/mol. The molecule has 2 aromatic carbocycles. The summed E-state index contributed by atoms with van der Waals surface area (Å²) in [6.07, 6.45) is 0.293. The third kappa shape index (κ3) is 4.04. The largest absolute Gasteiger partial charge is 0.344 e. The van der Waals surface area contributed by atoms with Gasteiger partial charge in [-0.3, -0.25) is 9.59 Å². The monoisotopic (exact) mass is 417 g/mol. The van der Waals surface area contributed by atoms with Crippen LogP contribution >= 0.6 is 11.3 Å². The zero-order valence-electron chi connectivity index (χ0n) is 17.2. The van der Waals surface area contributed by atoms with Crippen molar-refractivity contribution in [3.05, 3.63) is 71.4 Å². The first-order chi connectivity index (χ1) is 14.4. The Morgan fingerprint density at radius 1 is 1.07 bits per heavy atom. The van der Waals surface area contributed by atoms with Crippen LogP contribution in [0.5, 0.6) is 0 Å². The minimum Gasteiger partial charge on any atom is -0.344 e. The second-order valence-electron chi connectivity index (χ2n) is 7.39. The molecule has 0 bridgehead atoms. The van der Waals surface area contributed by atoms with E-state index in [0.717, 1.165) is 27.2 Å². The summed E-state index contributed by atoms with van der Waals surface area (Å²) in [5.74, 6) is -0.0695. The molecule has 1 amide bonds. The highest BCUT2D eigenvalue weighted by atomic mass is 32.1. The van der Waals surface area contributed by atoms with E-state index in [1.807, 2.05) is 66.9 Å². The number of amides is 1. The topological polar surface area (TPSA) is 64.0 Å². The number of carbonyl (C=O) groups excluding carboxylic acids is 2. The Balaban J connectivity index is 1.53. The van der Waals surface area contributed by atoms with Crippen LogP contribution in [-0.4, -0.2) is 21.2 Å². The molecule has 30 heavy (non-hydrogen) atoms. The molecular weight excluding hydrogens is 394 g/mol. The summed E-state index contributed by atoms with van der Waals surface area (Å²) in [5, 5.41) is 3.53.